The molecule has 0 aliphatic carbocycles. The Morgan fingerprint density at radius 2 is 1.76 bits per heavy atom. The molecule has 2 N–H and O–H groups in total. The summed E-state index contributed by atoms with van der Waals surface area (Å²) in [5.41, 5.74) is 0.791. The molecule has 0 saturated carbocycles. The molecule has 9 heteroatoms. The van der Waals surface area contributed by atoms with Gasteiger partial charge in [-0.1, -0.05) is 24.3 Å². The van der Waals surface area contributed by atoms with Gasteiger partial charge in [0.05, 0.1) is 13.7 Å². The molecular formula is C20H26F2IN3O3. The molecule has 2 rings (SSSR count). The molecule has 0 radical (unpaired) electrons. The molecule has 0 fully saturated rings. The van der Waals surface area contributed by atoms with E-state index >= 15 is 0 Å². The summed E-state index contributed by atoms with van der Waals surface area (Å²) in [4.78, 5) is 4.15. The SMILES string of the molecule is CN=C(NCc1cccc(OC(F)F)c1)NCC(C)Oc1ccccc1OC.I. The van der Waals surface area contributed by atoms with Gasteiger partial charge < -0.3 is 24.8 Å². The Hall–Kier alpha value is -2.30. The number of nitrogens with one attached hydrogen (secondary N) is 2. The maximum absolute atomic E-state index is 12.3. The molecule has 6 nitrogen and oxygen atoms in total. The number of methoxy groups -OCH3 is 1. The molecule has 0 bridgehead atoms. The van der Waals surface area contributed by atoms with Crippen molar-refractivity contribution in [3.05, 3.63) is 54.1 Å². The number of ether oxygens (including phenoxy) is 3. The minimum atomic E-state index is -2.85. The van der Waals surface area contributed by atoms with Crippen molar-refractivity contribution in [3.63, 3.8) is 0 Å². The van der Waals surface area contributed by atoms with Crippen molar-refractivity contribution in [2.24, 2.45) is 4.99 Å². The Bertz CT molecular complexity index is 778. The molecule has 1 unspecified atom stereocenters. The zero-order chi connectivity index (χ0) is 20.4. The predicted octanol–water partition coefficient (Wildman–Crippen LogP) is 4.05. The molecule has 160 valence electrons. The second kappa shape index (κ2) is 13.0. The van der Waals surface area contributed by atoms with Crippen molar-refractivity contribution < 1.29 is 23.0 Å². The standard InChI is InChI=1S/C20H25F2N3O3.HI/c1-14(27-18-10-5-4-9-17(18)26-3)12-24-20(23-2)25-13-15-7-6-8-16(11-15)28-19(21)22;/h4-11,14,19H,12-13H2,1-3H3,(H2,23,24,25);1H. The summed E-state index contributed by atoms with van der Waals surface area (Å²) in [5.74, 6) is 2.02. The fourth-order valence-electron chi connectivity index (χ4n) is 2.45. The predicted molar refractivity (Wildman–Crippen MR) is 120 cm³/mol. The topological polar surface area (TPSA) is 64.1 Å². The van der Waals surface area contributed by atoms with Gasteiger partial charge in [-0.15, -0.1) is 24.0 Å². The van der Waals surface area contributed by atoms with Crippen LogP contribution >= 0.6 is 24.0 Å². The van der Waals surface area contributed by atoms with Gasteiger partial charge in [-0.05, 0) is 36.8 Å². The van der Waals surface area contributed by atoms with E-state index < -0.39 is 6.61 Å². The number of halogens is 3. The molecule has 0 heterocycles. The molecule has 0 aliphatic heterocycles. The molecule has 1 atom stereocenters. The molecule has 2 aromatic carbocycles. The van der Waals surface area contributed by atoms with Crippen molar-refractivity contribution in [1.82, 2.24) is 10.6 Å². The zero-order valence-electron chi connectivity index (χ0n) is 16.5. The van der Waals surface area contributed by atoms with Crippen LogP contribution in [0.4, 0.5) is 8.78 Å². The van der Waals surface area contributed by atoms with Crippen molar-refractivity contribution in [3.8, 4) is 17.2 Å². The highest BCUT2D eigenvalue weighted by atomic mass is 127. The number of benzene rings is 2. The Labute approximate surface area is 186 Å². The van der Waals surface area contributed by atoms with Gasteiger partial charge in [0.25, 0.3) is 0 Å². The summed E-state index contributed by atoms with van der Waals surface area (Å²) in [5, 5.41) is 6.29. The Morgan fingerprint density at radius 3 is 2.41 bits per heavy atom. The maximum Gasteiger partial charge on any atom is 0.387 e. The van der Waals surface area contributed by atoms with Crippen LogP contribution in [0.5, 0.6) is 17.2 Å². The quantitative estimate of drug-likeness (QED) is 0.296. The monoisotopic (exact) mass is 521 g/mol. The van der Waals surface area contributed by atoms with Crippen LogP contribution in [0.25, 0.3) is 0 Å². The lowest BCUT2D eigenvalue weighted by atomic mass is 10.2. The average Bonchev–Trinajstić information content (AvgIpc) is 2.68. The third-order valence-electron chi connectivity index (χ3n) is 3.76. The number of aliphatic imine (C=N–C) groups is 1. The summed E-state index contributed by atoms with van der Waals surface area (Å²) in [7, 11) is 3.25. The number of nitrogens with zero attached hydrogens (tertiary/aromatic N) is 1. The van der Waals surface area contributed by atoms with E-state index in [1.165, 1.54) is 6.07 Å². The van der Waals surface area contributed by atoms with Crippen LogP contribution in [0.2, 0.25) is 0 Å². The smallest absolute Gasteiger partial charge is 0.387 e. The van der Waals surface area contributed by atoms with Crippen molar-refractivity contribution in [2.75, 3.05) is 20.7 Å². The van der Waals surface area contributed by atoms with Crippen LogP contribution in [0.15, 0.2) is 53.5 Å². The molecule has 0 amide bonds. The average molecular weight is 521 g/mol. The fraction of sp³-hybridized carbons (Fsp3) is 0.350. The molecule has 0 spiro atoms. The Balaban J connectivity index is 0.00000420. The number of hydrogen-bond acceptors (Lipinski definition) is 4. The van der Waals surface area contributed by atoms with Crippen LogP contribution in [0.3, 0.4) is 0 Å². The van der Waals surface area contributed by atoms with Gasteiger partial charge in [0.15, 0.2) is 17.5 Å². The third kappa shape index (κ3) is 8.71. The Morgan fingerprint density at radius 1 is 1.03 bits per heavy atom. The van der Waals surface area contributed by atoms with E-state index in [0.29, 0.717) is 30.5 Å². The van der Waals surface area contributed by atoms with Gasteiger partial charge in [0.1, 0.15) is 11.9 Å². The highest BCUT2D eigenvalue weighted by Gasteiger charge is 2.10. The molecule has 2 aromatic rings. The van der Waals surface area contributed by atoms with Crippen LogP contribution in [0, 0.1) is 0 Å². The van der Waals surface area contributed by atoms with Crippen LogP contribution in [-0.2, 0) is 6.54 Å². The highest BCUT2D eigenvalue weighted by molar-refractivity contribution is 14.0. The lowest BCUT2D eigenvalue weighted by Gasteiger charge is -2.19. The van der Waals surface area contributed by atoms with Crippen LogP contribution in [0.1, 0.15) is 12.5 Å². The molecule has 0 aromatic heterocycles. The number of hydrogen-bond donors (Lipinski definition) is 2. The fourth-order valence-corrected chi connectivity index (χ4v) is 2.45. The number of alkyl halides is 2. The van der Waals surface area contributed by atoms with E-state index in [1.807, 2.05) is 37.3 Å². The number of rotatable bonds is 9. The van der Waals surface area contributed by atoms with E-state index in [-0.39, 0.29) is 35.8 Å². The summed E-state index contributed by atoms with van der Waals surface area (Å²) in [6.45, 7) is -0.00576. The Kier molecular flexibility index (Phi) is 11.1. The molecule has 0 aliphatic rings. The second-order valence-electron chi connectivity index (χ2n) is 5.91. The number of guanidine groups is 1. The highest BCUT2D eigenvalue weighted by Crippen LogP contribution is 2.26. The van der Waals surface area contributed by atoms with Gasteiger partial charge in [-0.25, -0.2) is 0 Å². The van der Waals surface area contributed by atoms with Crippen molar-refractivity contribution in [2.45, 2.75) is 26.2 Å². The normalized spacial score (nSPS) is 12.0. The van der Waals surface area contributed by atoms with E-state index in [4.69, 9.17) is 9.47 Å². The van der Waals surface area contributed by atoms with Crippen LogP contribution < -0.4 is 24.8 Å². The summed E-state index contributed by atoms with van der Waals surface area (Å²) in [6, 6.07) is 13.9. The van der Waals surface area contributed by atoms with Gasteiger partial charge in [0, 0.05) is 13.6 Å². The molecular weight excluding hydrogens is 495 g/mol. The largest absolute Gasteiger partial charge is 0.493 e. The van der Waals surface area contributed by atoms with Gasteiger partial charge in [-0.2, -0.15) is 8.78 Å². The maximum atomic E-state index is 12.3. The minimum Gasteiger partial charge on any atom is -0.493 e. The first-order chi connectivity index (χ1) is 13.5. The number of para-hydroxylation sites is 2. The molecule has 29 heavy (non-hydrogen) atoms. The third-order valence-corrected chi connectivity index (χ3v) is 3.76. The molecule has 0 saturated heterocycles. The van der Waals surface area contributed by atoms with E-state index in [2.05, 4.69) is 20.4 Å². The zero-order valence-corrected chi connectivity index (χ0v) is 18.9. The first kappa shape index (κ1) is 24.7. The second-order valence-corrected chi connectivity index (χ2v) is 5.91. The van der Waals surface area contributed by atoms with E-state index in [1.54, 1.807) is 26.3 Å². The van der Waals surface area contributed by atoms with Gasteiger partial charge in [0.2, 0.25) is 0 Å². The summed E-state index contributed by atoms with van der Waals surface area (Å²) >= 11 is 0. The first-order valence-electron chi connectivity index (χ1n) is 8.79. The van der Waals surface area contributed by atoms with Gasteiger partial charge >= 0.3 is 6.61 Å². The van der Waals surface area contributed by atoms with Crippen LogP contribution in [-0.4, -0.2) is 39.4 Å². The summed E-state index contributed by atoms with van der Waals surface area (Å²) in [6.07, 6.45) is -0.141. The lowest BCUT2D eigenvalue weighted by Crippen LogP contribution is -2.41. The first-order valence-corrected chi connectivity index (χ1v) is 8.79. The van der Waals surface area contributed by atoms with E-state index in [9.17, 15) is 8.78 Å². The van der Waals surface area contributed by atoms with Gasteiger partial charge in [-0.3, -0.25) is 4.99 Å². The van der Waals surface area contributed by atoms with E-state index in [0.717, 1.165) is 5.56 Å². The van der Waals surface area contributed by atoms with Crippen molar-refractivity contribution in [1.29, 1.82) is 0 Å². The summed E-state index contributed by atoms with van der Waals surface area (Å²) < 4.78 is 40.2. The van der Waals surface area contributed by atoms with Crippen molar-refractivity contribution >= 4 is 29.9 Å². The lowest BCUT2D eigenvalue weighted by molar-refractivity contribution is -0.0498. The minimum absolute atomic E-state index is 0.